The maximum Gasteiger partial charge on any atom is 0.119 e. The van der Waals surface area contributed by atoms with E-state index in [9.17, 15) is 0 Å². The molecule has 0 spiro atoms. The molecule has 2 nitrogen and oxygen atoms in total. The lowest BCUT2D eigenvalue weighted by Gasteiger charge is -2.13. The molecule has 1 aliphatic carbocycles. The molecule has 1 atom stereocenters. The maximum absolute atomic E-state index is 5.75. The van der Waals surface area contributed by atoms with E-state index in [0.29, 0.717) is 6.04 Å². The van der Waals surface area contributed by atoms with E-state index in [-0.39, 0.29) is 0 Å². The van der Waals surface area contributed by atoms with Crippen LogP contribution in [-0.2, 0) is 6.42 Å². The molecule has 0 heterocycles. The van der Waals surface area contributed by atoms with Crippen molar-refractivity contribution in [3.8, 4) is 5.75 Å². The van der Waals surface area contributed by atoms with Gasteiger partial charge in [0.1, 0.15) is 5.75 Å². The van der Waals surface area contributed by atoms with Crippen LogP contribution in [0.25, 0.3) is 0 Å². The summed E-state index contributed by atoms with van der Waals surface area (Å²) in [6.07, 6.45) is 4.73. The number of fused-ring (bicyclic) bond motifs is 1. The second-order valence-corrected chi connectivity index (χ2v) is 4.71. The zero-order valence-electron chi connectivity index (χ0n) is 11.0. The summed E-state index contributed by atoms with van der Waals surface area (Å²) in [6, 6.07) is 7.13. The molecule has 0 bridgehead atoms. The maximum atomic E-state index is 5.75. The molecule has 2 rings (SSSR count). The molecule has 1 aromatic rings. The lowest BCUT2D eigenvalue weighted by atomic mass is 10.1. The van der Waals surface area contributed by atoms with Crippen molar-refractivity contribution in [3.05, 3.63) is 29.3 Å². The van der Waals surface area contributed by atoms with Crippen molar-refractivity contribution in [3.63, 3.8) is 0 Å². The summed E-state index contributed by atoms with van der Waals surface area (Å²) >= 11 is 0. The number of rotatable bonds is 6. The van der Waals surface area contributed by atoms with Crippen LogP contribution in [-0.4, -0.2) is 13.2 Å². The Balaban J connectivity index is 2.01. The summed E-state index contributed by atoms with van der Waals surface area (Å²) in [6.45, 7) is 6.23. The van der Waals surface area contributed by atoms with E-state index >= 15 is 0 Å². The first-order valence-electron chi connectivity index (χ1n) is 6.84. The molecule has 1 aliphatic rings. The van der Waals surface area contributed by atoms with Crippen LogP contribution in [0.2, 0.25) is 0 Å². The normalized spacial score (nSPS) is 18.1. The van der Waals surface area contributed by atoms with Gasteiger partial charge in [-0.2, -0.15) is 0 Å². The van der Waals surface area contributed by atoms with Gasteiger partial charge in [-0.3, -0.25) is 0 Å². The summed E-state index contributed by atoms with van der Waals surface area (Å²) in [5, 5.41) is 3.53. The van der Waals surface area contributed by atoms with Gasteiger partial charge in [-0.15, -0.1) is 0 Å². The lowest BCUT2D eigenvalue weighted by Crippen LogP contribution is -2.18. The van der Waals surface area contributed by atoms with Gasteiger partial charge in [-0.1, -0.05) is 26.3 Å². The van der Waals surface area contributed by atoms with Gasteiger partial charge in [0.05, 0.1) is 6.61 Å². The third-order valence-electron chi connectivity index (χ3n) is 3.41. The number of hydrogen-bond acceptors (Lipinski definition) is 2. The minimum absolute atomic E-state index is 0.555. The first-order chi connectivity index (χ1) is 8.35. The summed E-state index contributed by atoms with van der Waals surface area (Å²) in [5.74, 6) is 1.04. The van der Waals surface area contributed by atoms with Crippen LogP contribution in [0.3, 0.4) is 0 Å². The Bertz CT molecular complexity index is 362. The van der Waals surface area contributed by atoms with Crippen molar-refractivity contribution in [2.75, 3.05) is 13.2 Å². The summed E-state index contributed by atoms with van der Waals surface area (Å²) in [4.78, 5) is 0. The molecule has 0 saturated carbocycles. The van der Waals surface area contributed by atoms with Crippen molar-refractivity contribution in [1.82, 2.24) is 5.32 Å². The highest BCUT2D eigenvalue weighted by Crippen LogP contribution is 2.33. The molecule has 1 aromatic carbocycles. The van der Waals surface area contributed by atoms with Crippen LogP contribution < -0.4 is 10.1 Å². The third kappa shape index (κ3) is 3.01. The Labute approximate surface area is 104 Å². The fourth-order valence-corrected chi connectivity index (χ4v) is 2.48. The highest BCUT2D eigenvalue weighted by molar-refractivity contribution is 5.40. The Morgan fingerprint density at radius 2 is 2.24 bits per heavy atom. The van der Waals surface area contributed by atoms with Crippen LogP contribution in [0.5, 0.6) is 5.75 Å². The fraction of sp³-hybridized carbons (Fsp3) is 0.600. The molecule has 0 radical (unpaired) electrons. The lowest BCUT2D eigenvalue weighted by molar-refractivity contribution is 0.309. The van der Waals surface area contributed by atoms with E-state index in [1.165, 1.54) is 30.4 Å². The van der Waals surface area contributed by atoms with Crippen LogP contribution in [0, 0.1) is 0 Å². The van der Waals surface area contributed by atoms with Gasteiger partial charge < -0.3 is 10.1 Å². The number of unbranched alkanes of at least 4 members (excludes halogenated alkanes) is 1. The first-order valence-corrected chi connectivity index (χ1v) is 6.84. The van der Waals surface area contributed by atoms with Crippen LogP contribution >= 0.6 is 0 Å². The zero-order chi connectivity index (χ0) is 12.1. The predicted octanol–water partition coefficient (Wildman–Crippen LogP) is 3.46. The predicted molar refractivity (Wildman–Crippen MR) is 71.6 cm³/mol. The van der Waals surface area contributed by atoms with E-state index in [0.717, 1.165) is 25.3 Å². The molecule has 0 fully saturated rings. The Hall–Kier alpha value is -1.02. The quantitative estimate of drug-likeness (QED) is 0.760. The SMILES string of the molecule is CCCCOc1ccc2c(c1)CCC2NCC. The van der Waals surface area contributed by atoms with Crippen molar-refractivity contribution >= 4 is 0 Å². The zero-order valence-corrected chi connectivity index (χ0v) is 11.0. The van der Waals surface area contributed by atoms with E-state index in [1.54, 1.807) is 0 Å². The molecule has 94 valence electrons. The fourth-order valence-electron chi connectivity index (χ4n) is 2.48. The van der Waals surface area contributed by atoms with Gasteiger partial charge in [-0.25, -0.2) is 0 Å². The van der Waals surface area contributed by atoms with E-state index < -0.39 is 0 Å². The number of benzene rings is 1. The van der Waals surface area contributed by atoms with Gasteiger partial charge in [0.2, 0.25) is 0 Å². The standard InChI is InChI=1S/C15H23NO/c1-3-5-10-17-13-7-8-14-12(11-13)6-9-15(14)16-4-2/h7-8,11,15-16H,3-6,9-10H2,1-2H3. The first kappa shape index (κ1) is 12.4. The van der Waals surface area contributed by atoms with Gasteiger partial charge in [0, 0.05) is 6.04 Å². The van der Waals surface area contributed by atoms with Gasteiger partial charge >= 0.3 is 0 Å². The molecule has 2 heteroatoms. The molecule has 0 aliphatic heterocycles. The molecule has 0 amide bonds. The van der Waals surface area contributed by atoms with Crippen molar-refractivity contribution in [2.24, 2.45) is 0 Å². The molecule has 17 heavy (non-hydrogen) atoms. The second-order valence-electron chi connectivity index (χ2n) is 4.71. The molecule has 1 N–H and O–H groups in total. The molecular formula is C15H23NO. The minimum Gasteiger partial charge on any atom is -0.494 e. The average molecular weight is 233 g/mol. The monoisotopic (exact) mass is 233 g/mol. The van der Waals surface area contributed by atoms with E-state index in [2.05, 4.69) is 37.4 Å². The smallest absolute Gasteiger partial charge is 0.119 e. The van der Waals surface area contributed by atoms with E-state index in [1.807, 2.05) is 0 Å². The highest BCUT2D eigenvalue weighted by Gasteiger charge is 2.21. The van der Waals surface area contributed by atoms with Crippen LogP contribution in [0.4, 0.5) is 0 Å². The van der Waals surface area contributed by atoms with Crippen molar-refractivity contribution in [1.29, 1.82) is 0 Å². The van der Waals surface area contributed by atoms with Crippen molar-refractivity contribution < 1.29 is 4.74 Å². The van der Waals surface area contributed by atoms with Gasteiger partial charge in [0.25, 0.3) is 0 Å². The highest BCUT2D eigenvalue weighted by atomic mass is 16.5. The summed E-state index contributed by atoms with van der Waals surface area (Å²) in [5.41, 5.74) is 2.93. The average Bonchev–Trinajstić information content (AvgIpc) is 2.73. The number of ether oxygens (including phenoxy) is 1. The van der Waals surface area contributed by atoms with Gasteiger partial charge in [-0.05, 0) is 49.1 Å². The van der Waals surface area contributed by atoms with Crippen molar-refractivity contribution in [2.45, 2.75) is 45.6 Å². The Kier molecular flexibility index (Phi) is 4.43. The largest absolute Gasteiger partial charge is 0.494 e. The Morgan fingerprint density at radius 1 is 1.35 bits per heavy atom. The van der Waals surface area contributed by atoms with Crippen LogP contribution in [0.1, 0.15) is 50.3 Å². The topological polar surface area (TPSA) is 21.3 Å². The number of hydrogen-bond donors (Lipinski definition) is 1. The summed E-state index contributed by atoms with van der Waals surface area (Å²) < 4.78 is 5.75. The third-order valence-corrected chi connectivity index (χ3v) is 3.41. The Morgan fingerprint density at radius 3 is 3.00 bits per heavy atom. The minimum atomic E-state index is 0.555. The molecule has 1 unspecified atom stereocenters. The van der Waals surface area contributed by atoms with E-state index in [4.69, 9.17) is 4.74 Å². The van der Waals surface area contributed by atoms with Crippen LogP contribution in [0.15, 0.2) is 18.2 Å². The van der Waals surface area contributed by atoms with Gasteiger partial charge in [0.15, 0.2) is 0 Å². The molecule has 0 saturated heterocycles. The second kappa shape index (κ2) is 6.06. The summed E-state index contributed by atoms with van der Waals surface area (Å²) in [7, 11) is 0. The molecular weight excluding hydrogens is 210 g/mol. The number of nitrogens with one attached hydrogen (secondary N) is 1. The molecule has 0 aromatic heterocycles. The number of aryl methyl sites for hydroxylation is 1.